The summed E-state index contributed by atoms with van der Waals surface area (Å²) >= 11 is 0. The summed E-state index contributed by atoms with van der Waals surface area (Å²) in [5.41, 5.74) is 2.42. The van der Waals surface area contributed by atoms with E-state index in [2.05, 4.69) is 15.0 Å². The Hall–Kier alpha value is -3.11. The van der Waals surface area contributed by atoms with Crippen LogP contribution < -0.4 is 10.8 Å². The Morgan fingerprint density at radius 2 is 2.04 bits per heavy atom. The molecule has 0 saturated heterocycles. The van der Waals surface area contributed by atoms with E-state index in [9.17, 15) is 17.6 Å². The van der Waals surface area contributed by atoms with Crippen molar-refractivity contribution in [2.75, 3.05) is 0 Å². The Morgan fingerprint density at radius 1 is 1.26 bits per heavy atom. The Labute approximate surface area is 152 Å². The molecule has 0 atom stereocenters. The number of aromatic amines is 1. The Kier molecular flexibility index (Phi) is 3.82. The van der Waals surface area contributed by atoms with E-state index in [1.807, 2.05) is 19.1 Å². The fraction of sp³-hybridized carbons (Fsp3) is 0.118. The van der Waals surface area contributed by atoms with Gasteiger partial charge in [-0.3, -0.25) is 4.57 Å². The molecule has 0 saturated carbocycles. The van der Waals surface area contributed by atoms with E-state index in [0.29, 0.717) is 27.6 Å². The van der Waals surface area contributed by atoms with Crippen LogP contribution in [-0.4, -0.2) is 27.9 Å². The van der Waals surface area contributed by atoms with Crippen molar-refractivity contribution < 1.29 is 12.8 Å². The number of halogens is 1. The number of rotatable bonds is 3. The van der Waals surface area contributed by atoms with Crippen molar-refractivity contribution in [1.29, 1.82) is 0 Å². The first-order chi connectivity index (χ1) is 12.7. The molecule has 0 amide bonds. The lowest BCUT2D eigenvalue weighted by atomic mass is 10.2. The van der Waals surface area contributed by atoms with Crippen LogP contribution in [0.15, 0.2) is 46.2 Å². The molecule has 0 aliphatic rings. The van der Waals surface area contributed by atoms with Gasteiger partial charge < -0.3 is 4.98 Å². The maximum Gasteiger partial charge on any atom is 0.326 e. The summed E-state index contributed by atoms with van der Waals surface area (Å²) in [5, 5.41) is 5.65. The number of pyridine rings is 2. The van der Waals surface area contributed by atoms with Gasteiger partial charge in [0.15, 0.2) is 5.65 Å². The van der Waals surface area contributed by atoms with Crippen LogP contribution in [0.2, 0.25) is 0 Å². The molecule has 0 bridgehead atoms. The minimum atomic E-state index is -4.15. The van der Waals surface area contributed by atoms with Crippen molar-refractivity contribution in [2.24, 2.45) is 5.14 Å². The maximum atomic E-state index is 14.1. The molecule has 10 heteroatoms. The van der Waals surface area contributed by atoms with Crippen LogP contribution in [0, 0.1) is 12.7 Å². The fourth-order valence-electron chi connectivity index (χ4n) is 3.03. The number of sulfonamides is 1. The van der Waals surface area contributed by atoms with E-state index < -0.39 is 26.4 Å². The number of aryl methyl sites for hydroxylation is 1. The summed E-state index contributed by atoms with van der Waals surface area (Å²) in [5.74, 6) is -0.966. The van der Waals surface area contributed by atoms with Gasteiger partial charge in [0.25, 0.3) is 0 Å². The second-order valence-electron chi connectivity index (χ2n) is 6.17. The second-order valence-corrected chi connectivity index (χ2v) is 7.70. The summed E-state index contributed by atoms with van der Waals surface area (Å²) in [4.78, 5) is 23.1. The smallest absolute Gasteiger partial charge is 0.304 e. The Morgan fingerprint density at radius 3 is 2.74 bits per heavy atom. The van der Waals surface area contributed by atoms with Crippen molar-refractivity contribution in [3.63, 3.8) is 0 Å². The van der Waals surface area contributed by atoms with E-state index in [1.54, 1.807) is 0 Å². The highest BCUT2D eigenvalue weighted by Crippen LogP contribution is 2.22. The minimum absolute atomic E-state index is 0.0354. The molecule has 0 radical (unpaired) electrons. The number of nitrogens with one attached hydrogen (secondary N) is 1. The molecule has 0 spiro atoms. The molecule has 138 valence electrons. The van der Waals surface area contributed by atoms with Crippen molar-refractivity contribution in [3.05, 3.63) is 64.1 Å². The number of imidazole rings is 1. The van der Waals surface area contributed by atoms with Crippen molar-refractivity contribution in [3.8, 4) is 0 Å². The topological polar surface area (TPSA) is 124 Å². The summed E-state index contributed by atoms with van der Waals surface area (Å²) in [6.07, 6.45) is 1.52. The largest absolute Gasteiger partial charge is 0.326 e. The Bertz CT molecular complexity index is 1370. The number of aromatic nitrogens is 4. The molecule has 3 N–H and O–H groups in total. The molecular formula is C17H14FN5O3S. The number of nitrogens with zero attached hydrogens (tertiary/aromatic N) is 3. The van der Waals surface area contributed by atoms with Crippen LogP contribution in [0.5, 0.6) is 0 Å². The average Bonchev–Trinajstić information content (AvgIpc) is 2.89. The molecule has 0 aliphatic carbocycles. The number of fused-ring (bicyclic) bond motifs is 3. The van der Waals surface area contributed by atoms with Crippen LogP contribution in [0.25, 0.3) is 22.1 Å². The van der Waals surface area contributed by atoms with Gasteiger partial charge in [-0.25, -0.2) is 32.7 Å². The molecule has 0 aliphatic heterocycles. The SMILES string of the molecule is Cc1ccc2c(ncc3[nH]c(=O)n(Cc4ccc(S(N)(=O)=O)c(F)c4)c32)n1. The highest BCUT2D eigenvalue weighted by Gasteiger charge is 2.16. The zero-order valence-corrected chi connectivity index (χ0v) is 14.9. The maximum absolute atomic E-state index is 14.1. The zero-order chi connectivity index (χ0) is 19.3. The van der Waals surface area contributed by atoms with Gasteiger partial charge in [0.05, 0.1) is 23.8 Å². The van der Waals surface area contributed by atoms with E-state index in [1.165, 1.54) is 16.8 Å². The summed E-state index contributed by atoms with van der Waals surface area (Å²) in [6, 6.07) is 7.19. The first-order valence-corrected chi connectivity index (χ1v) is 9.45. The molecule has 3 aromatic heterocycles. The van der Waals surface area contributed by atoms with Gasteiger partial charge in [0, 0.05) is 11.1 Å². The highest BCUT2D eigenvalue weighted by molar-refractivity contribution is 7.89. The van der Waals surface area contributed by atoms with Gasteiger partial charge >= 0.3 is 5.69 Å². The quantitative estimate of drug-likeness (QED) is 0.550. The van der Waals surface area contributed by atoms with Crippen molar-refractivity contribution >= 4 is 32.1 Å². The lowest BCUT2D eigenvalue weighted by molar-refractivity contribution is 0.566. The number of hydrogen-bond donors (Lipinski definition) is 2. The van der Waals surface area contributed by atoms with E-state index >= 15 is 0 Å². The average molecular weight is 387 g/mol. The predicted octanol–water partition coefficient (Wildman–Crippen LogP) is 1.42. The number of benzene rings is 1. The van der Waals surface area contributed by atoms with Gasteiger partial charge in [0.1, 0.15) is 10.7 Å². The number of H-pyrrole nitrogens is 1. The van der Waals surface area contributed by atoms with Crippen molar-refractivity contribution in [1.82, 2.24) is 19.5 Å². The lowest BCUT2D eigenvalue weighted by Crippen LogP contribution is -2.18. The van der Waals surface area contributed by atoms with Crippen LogP contribution in [-0.2, 0) is 16.6 Å². The molecule has 27 heavy (non-hydrogen) atoms. The summed E-state index contributed by atoms with van der Waals surface area (Å²) < 4.78 is 38.2. The second kappa shape index (κ2) is 5.96. The van der Waals surface area contributed by atoms with Crippen LogP contribution in [0.3, 0.4) is 0 Å². The van der Waals surface area contributed by atoms with Gasteiger partial charge in [-0.05, 0) is 36.8 Å². The van der Waals surface area contributed by atoms with E-state index in [0.717, 1.165) is 17.8 Å². The Balaban J connectivity index is 1.88. The molecule has 1 aromatic carbocycles. The van der Waals surface area contributed by atoms with Crippen LogP contribution in [0.1, 0.15) is 11.3 Å². The normalized spacial score (nSPS) is 12.1. The fourth-order valence-corrected chi connectivity index (χ4v) is 3.62. The number of primary sulfonamides is 1. The van der Waals surface area contributed by atoms with Gasteiger partial charge in [-0.2, -0.15) is 0 Å². The van der Waals surface area contributed by atoms with Gasteiger partial charge in [-0.1, -0.05) is 6.07 Å². The van der Waals surface area contributed by atoms with Crippen LogP contribution in [0.4, 0.5) is 4.39 Å². The highest BCUT2D eigenvalue weighted by atomic mass is 32.2. The first-order valence-electron chi connectivity index (χ1n) is 7.90. The van der Waals surface area contributed by atoms with Crippen molar-refractivity contribution in [2.45, 2.75) is 18.4 Å². The first kappa shape index (κ1) is 17.3. The van der Waals surface area contributed by atoms with Gasteiger partial charge in [-0.15, -0.1) is 0 Å². The van der Waals surface area contributed by atoms with E-state index in [-0.39, 0.29) is 6.54 Å². The molecule has 3 heterocycles. The number of nitrogens with two attached hydrogens (primary N) is 1. The number of hydrogen-bond acceptors (Lipinski definition) is 5. The standard InChI is InChI=1S/C17H14FN5O3S/c1-9-2-4-11-15-13(7-20-16(11)21-9)22-17(24)23(15)8-10-3-5-14(12(18)6-10)27(19,25)26/h2-7H,8H2,1H3,(H,22,24)(H2,19,25,26). The summed E-state index contributed by atoms with van der Waals surface area (Å²) in [7, 11) is -4.15. The van der Waals surface area contributed by atoms with E-state index in [4.69, 9.17) is 5.14 Å². The summed E-state index contributed by atoms with van der Waals surface area (Å²) in [6.45, 7) is 1.87. The predicted molar refractivity (Wildman–Crippen MR) is 97.3 cm³/mol. The minimum Gasteiger partial charge on any atom is -0.304 e. The molecule has 4 rings (SSSR count). The monoisotopic (exact) mass is 387 g/mol. The lowest BCUT2D eigenvalue weighted by Gasteiger charge is -2.08. The zero-order valence-electron chi connectivity index (χ0n) is 14.1. The molecule has 4 aromatic rings. The van der Waals surface area contributed by atoms with Crippen LogP contribution >= 0.6 is 0 Å². The molecule has 0 unspecified atom stereocenters. The molecule has 0 fully saturated rings. The molecular weight excluding hydrogens is 373 g/mol. The third kappa shape index (κ3) is 2.98. The third-order valence-electron chi connectivity index (χ3n) is 4.24. The molecule has 8 nitrogen and oxygen atoms in total. The third-order valence-corrected chi connectivity index (χ3v) is 5.18. The van der Waals surface area contributed by atoms with Gasteiger partial charge in [0.2, 0.25) is 10.0 Å².